The summed E-state index contributed by atoms with van der Waals surface area (Å²) in [5.74, 6) is 1.15. The van der Waals surface area contributed by atoms with E-state index in [1.54, 1.807) is 0 Å². The van der Waals surface area contributed by atoms with Crippen molar-refractivity contribution in [3.8, 4) is 5.88 Å². The van der Waals surface area contributed by atoms with Crippen LogP contribution in [0.5, 0.6) is 5.88 Å². The van der Waals surface area contributed by atoms with Crippen LogP contribution in [-0.2, 0) is 0 Å². The Hall–Kier alpha value is -1.49. The molecule has 0 aliphatic heterocycles. The fourth-order valence-corrected chi connectivity index (χ4v) is 2.35. The van der Waals surface area contributed by atoms with Gasteiger partial charge in [0.25, 0.3) is 0 Å². The Balaban J connectivity index is 0.00000254. The van der Waals surface area contributed by atoms with Crippen molar-refractivity contribution >= 4 is 11.5 Å². The van der Waals surface area contributed by atoms with Gasteiger partial charge in [0.2, 0.25) is 5.88 Å². The zero-order chi connectivity index (χ0) is 18.2. The second-order valence-electron chi connectivity index (χ2n) is 5.53. The first kappa shape index (κ1) is 22.5. The Labute approximate surface area is 149 Å². The van der Waals surface area contributed by atoms with Crippen LogP contribution in [0, 0.1) is 0 Å². The predicted octanol–water partition coefficient (Wildman–Crippen LogP) is 4.08. The highest BCUT2D eigenvalue weighted by atomic mass is 16.5. The molecule has 3 N–H and O–H groups in total. The van der Waals surface area contributed by atoms with Crippen LogP contribution in [0.25, 0.3) is 0 Å². The molecular weight excluding hydrogens is 300 g/mol. The second kappa shape index (κ2) is 15.1. The molecule has 1 heterocycles. The van der Waals surface area contributed by atoms with E-state index in [1.807, 2.05) is 26.0 Å². The van der Waals surface area contributed by atoms with Crippen LogP contribution in [0.1, 0.15) is 60.3 Å². The van der Waals surface area contributed by atoms with E-state index in [2.05, 4.69) is 36.0 Å². The molecule has 0 radical (unpaired) electrons. The van der Waals surface area contributed by atoms with E-state index in [4.69, 9.17) is 10.5 Å². The Bertz CT molecular complexity index is 406. The van der Waals surface area contributed by atoms with Crippen molar-refractivity contribution in [3.63, 3.8) is 0 Å². The average Bonchev–Trinajstić information content (AvgIpc) is 2.59. The van der Waals surface area contributed by atoms with Gasteiger partial charge in [-0.3, -0.25) is 0 Å². The van der Waals surface area contributed by atoms with Gasteiger partial charge in [-0.1, -0.05) is 34.6 Å². The molecular formula is C19H38N4O. The Morgan fingerprint density at radius 2 is 1.71 bits per heavy atom. The molecule has 0 unspecified atom stereocenters. The van der Waals surface area contributed by atoms with E-state index in [-0.39, 0.29) is 0 Å². The number of rotatable bonds is 12. The monoisotopic (exact) mass is 338 g/mol. The third-order valence-corrected chi connectivity index (χ3v) is 3.33. The molecule has 0 amide bonds. The van der Waals surface area contributed by atoms with Gasteiger partial charge in [0.15, 0.2) is 0 Å². The molecule has 1 aromatic rings. The number of nitrogens with one attached hydrogen (secondary N) is 1. The molecule has 0 atom stereocenters. The summed E-state index contributed by atoms with van der Waals surface area (Å²) in [6.45, 7) is 15.3. The Kier molecular flexibility index (Phi) is 14.1. The number of anilines is 2. The number of ether oxygens (including phenoxy) is 1. The van der Waals surface area contributed by atoms with Crippen molar-refractivity contribution in [3.05, 3.63) is 12.1 Å². The number of nitrogens with zero attached hydrogens (tertiary/aromatic N) is 2. The second-order valence-corrected chi connectivity index (χ2v) is 5.53. The van der Waals surface area contributed by atoms with Gasteiger partial charge in [0.1, 0.15) is 5.82 Å². The maximum atomic E-state index is 5.93. The summed E-state index contributed by atoms with van der Waals surface area (Å²) >= 11 is 0. The van der Waals surface area contributed by atoms with Crippen molar-refractivity contribution in [2.45, 2.75) is 60.3 Å². The van der Waals surface area contributed by atoms with Crippen LogP contribution in [0.2, 0.25) is 0 Å². The molecule has 5 nitrogen and oxygen atoms in total. The normalized spacial score (nSPS) is 10.0. The van der Waals surface area contributed by atoms with Crippen LogP contribution in [0.4, 0.5) is 11.5 Å². The molecule has 0 saturated heterocycles. The van der Waals surface area contributed by atoms with Crippen LogP contribution < -0.4 is 20.7 Å². The van der Waals surface area contributed by atoms with Gasteiger partial charge in [-0.15, -0.1) is 0 Å². The quantitative estimate of drug-likeness (QED) is 0.562. The summed E-state index contributed by atoms with van der Waals surface area (Å²) in [6.07, 6.45) is 4.36. The molecule has 0 bridgehead atoms. The van der Waals surface area contributed by atoms with Crippen molar-refractivity contribution in [2.24, 2.45) is 0 Å². The van der Waals surface area contributed by atoms with E-state index in [9.17, 15) is 0 Å². The minimum absolute atomic E-state index is 0.522. The van der Waals surface area contributed by atoms with Crippen LogP contribution >= 0.6 is 0 Å². The highest BCUT2D eigenvalue weighted by Gasteiger charge is 2.08. The zero-order valence-corrected chi connectivity index (χ0v) is 16.4. The number of nitrogen functional groups attached to an aromatic ring is 1. The van der Waals surface area contributed by atoms with E-state index in [0.717, 1.165) is 57.5 Å². The molecule has 0 fully saturated rings. The van der Waals surface area contributed by atoms with E-state index >= 15 is 0 Å². The largest absolute Gasteiger partial charge is 0.478 e. The van der Waals surface area contributed by atoms with E-state index < -0.39 is 0 Å². The highest BCUT2D eigenvalue weighted by molar-refractivity contribution is 5.55. The van der Waals surface area contributed by atoms with Gasteiger partial charge >= 0.3 is 0 Å². The lowest BCUT2D eigenvalue weighted by atomic mass is 10.3. The minimum atomic E-state index is 0.522. The Morgan fingerprint density at radius 1 is 1.04 bits per heavy atom. The minimum Gasteiger partial charge on any atom is -0.478 e. The number of hydrogen-bond acceptors (Lipinski definition) is 5. The van der Waals surface area contributed by atoms with Gasteiger partial charge in [-0.2, -0.15) is 4.98 Å². The molecule has 140 valence electrons. The molecule has 0 aliphatic carbocycles. The maximum absolute atomic E-state index is 5.93. The fourth-order valence-electron chi connectivity index (χ4n) is 2.35. The predicted molar refractivity (Wildman–Crippen MR) is 106 cm³/mol. The summed E-state index contributed by atoms with van der Waals surface area (Å²) in [5, 5.41) is 3.36. The maximum Gasteiger partial charge on any atom is 0.217 e. The Morgan fingerprint density at radius 3 is 2.29 bits per heavy atom. The average molecular weight is 339 g/mol. The fraction of sp³-hybridized carbons (Fsp3) is 0.737. The van der Waals surface area contributed by atoms with Crippen LogP contribution in [0.3, 0.4) is 0 Å². The number of nitrogens with two attached hydrogens (primary N) is 1. The zero-order valence-electron chi connectivity index (χ0n) is 16.4. The molecule has 5 heteroatoms. The van der Waals surface area contributed by atoms with Gasteiger partial charge in [0.05, 0.1) is 6.61 Å². The number of pyridine rings is 1. The third-order valence-electron chi connectivity index (χ3n) is 3.33. The van der Waals surface area contributed by atoms with Gasteiger partial charge < -0.3 is 20.7 Å². The van der Waals surface area contributed by atoms with Crippen LogP contribution in [-0.4, -0.2) is 37.8 Å². The van der Waals surface area contributed by atoms with Crippen molar-refractivity contribution < 1.29 is 4.74 Å². The van der Waals surface area contributed by atoms with Gasteiger partial charge in [-0.05, 0) is 38.8 Å². The summed E-state index contributed by atoms with van der Waals surface area (Å²) in [4.78, 5) is 6.62. The number of aromatic nitrogens is 1. The molecule has 24 heavy (non-hydrogen) atoms. The lowest BCUT2D eigenvalue weighted by Crippen LogP contribution is -2.25. The summed E-state index contributed by atoms with van der Waals surface area (Å²) < 4.78 is 5.76. The molecule has 0 saturated carbocycles. The lowest BCUT2D eigenvalue weighted by molar-refractivity contribution is 0.297. The highest BCUT2D eigenvalue weighted by Crippen LogP contribution is 2.23. The smallest absolute Gasteiger partial charge is 0.217 e. The SMILES string of the molecule is CC.CCCNCCCOc1cc(N(CCC)CCC)cc(N)n1. The van der Waals surface area contributed by atoms with Crippen molar-refractivity contribution in [2.75, 3.05) is 43.4 Å². The van der Waals surface area contributed by atoms with E-state index in [0.29, 0.717) is 18.3 Å². The third kappa shape index (κ3) is 9.60. The van der Waals surface area contributed by atoms with Crippen molar-refractivity contribution in [1.29, 1.82) is 0 Å². The number of hydrogen-bond donors (Lipinski definition) is 2. The first-order chi connectivity index (χ1) is 11.7. The summed E-state index contributed by atoms with van der Waals surface area (Å²) in [7, 11) is 0. The van der Waals surface area contributed by atoms with Crippen molar-refractivity contribution in [1.82, 2.24) is 10.3 Å². The molecule has 1 aromatic heterocycles. The topological polar surface area (TPSA) is 63.4 Å². The summed E-state index contributed by atoms with van der Waals surface area (Å²) in [5.41, 5.74) is 7.04. The molecule has 1 rings (SSSR count). The summed E-state index contributed by atoms with van der Waals surface area (Å²) in [6, 6.07) is 3.93. The van der Waals surface area contributed by atoms with Crippen LogP contribution in [0.15, 0.2) is 12.1 Å². The first-order valence-electron chi connectivity index (χ1n) is 9.57. The van der Waals surface area contributed by atoms with Gasteiger partial charge in [-0.25, -0.2) is 0 Å². The molecule has 0 spiro atoms. The molecule has 0 aliphatic rings. The first-order valence-corrected chi connectivity index (χ1v) is 9.57. The lowest BCUT2D eigenvalue weighted by Gasteiger charge is -2.24. The molecule has 0 aromatic carbocycles. The standard InChI is InChI=1S/C17H32N4O.C2H6/c1-4-8-19-9-7-12-22-17-14-15(13-16(18)20-17)21(10-5-2)11-6-3;1-2/h13-14,19H,4-12H2,1-3H3,(H2,18,20);1-2H3. The van der Waals surface area contributed by atoms with Gasteiger partial charge in [0, 0.05) is 30.9 Å². The van der Waals surface area contributed by atoms with E-state index in [1.165, 1.54) is 0 Å².